The van der Waals surface area contributed by atoms with Gasteiger partial charge in [-0.2, -0.15) is 0 Å². The number of benzene rings is 3. The molecule has 0 N–H and O–H groups in total. The second-order valence-electron chi connectivity index (χ2n) is 7.30. The van der Waals surface area contributed by atoms with E-state index in [4.69, 9.17) is 4.74 Å². The minimum absolute atomic E-state index is 0.0888. The molecule has 0 saturated carbocycles. The van der Waals surface area contributed by atoms with Crippen LogP contribution in [0.3, 0.4) is 0 Å². The van der Waals surface area contributed by atoms with E-state index in [9.17, 15) is 14.0 Å². The summed E-state index contributed by atoms with van der Waals surface area (Å²) in [4.78, 5) is 27.6. The highest BCUT2D eigenvalue weighted by atomic mass is 79.9. The van der Waals surface area contributed by atoms with Crippen molar-refractivity contribution in [1.82, 2.24) is 4.90 Å². The summed E-state index contributed by atoms with van der Waals surface area (Å²) in [6.07, 6.45) is 0.0919. The number of halogens is 2. The molecule has 3 aromatic carbocycles. The average Bonchev–Trinajstić information content (AvgIpc) is 2.80. The Kier molecular flexibility index (Phi) is 7.80. The van der Waals surface area contributed by atoms with Crippen molar-refractivity contribution in [1.29, 1.82) is 0 Å². The third kappa shape index (κ3) is 5.25. The van der Waals surface area contributed by atoms with E-state index in [0.717, 1.165) is 4.47 Å². The van der Waals surface area contributed by atoms with Crippen molar-refractivity contribution in [2.75, 3.05) is 20.2 Å². The summed E-state index contributed by atoms with van der Waals surface area (Å²) in [5, 5.41) is 0. The summed E-state index contributed by atoms with van der Waals surface area (Å²) in [6, 6.07) is 16.7. The van der Waals surface area contributed by atoms with Crippen molar-refractivity contribution in [2.45, 2.75) is 20.3 Å². The Balaban J connectivity index is 1.86. The van der Waals surface area contributed by atoms with Crippen molar-refractivity contribution in [3.63, 3.8) is 0 Å². The average molecular weight is 498 g/mol. The van der Waals surface area contributed by atoms with Crippen molar-refractivity contribution in [3.8, 4) is 16.9 Å². The highest BCUT2D eigenvalue weighted by molar-refractivity contribution is 9.10. The maximum atomic E-state index is 14.3. The Labute approximate surface area is 196 Å². The van der Waals surface area contributed by atoms with Crippen LogP contribution in [0.4, 0.5) is 4.39 Å². The minimum atomic E-state index is -0.362. The molecular weight excluding hydrogens is 473 g/mol. The molecule has 0 aromatic heterocycles. The summed E-state index contributed by atoms with van der Waals surface area (Å²) in [5.41, 5.74) is 2.75. The summed E-state index contributed by atoms with van der Waals surface area (Å²) in [6.45, 7) is 5.05. The fourth-order valence-corrected chi connectivity index (χ4v) is 3.97. The van der Waals surface area contributed by atoms with Gasteiger partial charge in [0.25, 0.3) is 5.91 Å². The van der Waals surface area contributed by atoms with Crippen molar-refractivity contribution in [3.05, 3.63) is 87.6 Å². The van der Waals surface area contributed by atoms with E-state index in [1.165, 1.54) is 13.2 Å². The molecule has 0 saturated heterocycles. The number of methoxy groups -OCH3 is 1. The normalized spacial score (nSPS) is 10.7. The van der Waals surface area contributed by atoms with E-state index in [2.05, 4.69) is 15.9 Å². The lowest BCUT2D eigenvalue weighted by Gasteiger charge is -2.20. The van der Waals surface area contributed by atoms with Crippen LogP contribution in [-0.4, -0.2) is 36.8 Å². The Morgan fingerprint density at radius 3 is 2.28 bits per heavy atom. The maximum Gasteiger partial charge on any atom is 0.254 e. The molecule has 0 spiro atoms. The van der Waals surface area contributed by atoms with Crippen LogP contribution in [0.2, 0.25) is 0 Å². The van der Waals surface area contributed by atoms with Gasteiger partial charge in [-0.05, 0) is 61.4 Å². The van der Waals surface area contributed by atoms with Crippen LogP contribution in [-0.2, 0) is 6.42 Å². The molecule has 0 aliphatic rings. The molecule has 0 aliphatic heterocycles. The molecule has 0 bridgehead atoms. The number of hydrogen-bond acceptors (Lipinski definition) is 3. The van der Waals surface area contributed by atoms with E-state index in [0.29, 0.717) is 46.7 Å². The number of nitrogens with zero attached hydrogens (tertiary/aromatic N) is 1. The smallest absolute Gasteiger partial charge is 0.254 e. The summed E-state index contributed by atoms with van der Waals surface area (Å²) >= 11 is 3.43. The summed E-state index contributed by atoms with van der Waals surface area (Å²) < 4.78 is 20.2. The molecule has 3 rings (SSSR count). The van der Waals surface area contributed by atoms with Crippen LogP contribution in [0.5, 0.6) is 5.75 Å². The lowest BCUT2D eigenvalue weighted by Crippen LogP contribution is -2.31. The first-order chi connectivity index (χ1) is 15.4. The number of carbonyl (C=O) groups excluding carboxylic acids is 2. The van der Waals surface area contributed by atoms with Crippen LogP contribution >= 0.6 is 15.9 Å². The first-order valence-corrected chi connectivity index (χ1v) is 11.2. The number of ether oxygens (including phenoxy) is 1. The molecule has 3 aromatic rings. The van der Waals surface area contributed by atoms with Gasteiger partial charge in [0, 0.05) is 40.7 Å². The van der Waals surface area contributed by atoms with Crippen LogP contribution in [0, 0.1) is 5.82 Å². The molecular formula is C26H25BrFNO3. The van der Waals surface area contributed by atoms with Gasteiger partial charge in [0.2, 0.25) is 0 Å². The first-order valence-electron chi connectivity index (χ1n) is 10.4. The van der Waals surface area contributed by atoms with E-state index in [1.807, 2.05) is 26.0 Å². The second-order valence-corrected chi connectivity index (χ2v) is 8.22. The van der Waals surface area contributed by atoms with Crippen LogP contribution < -0.4 is 4.74 Å². The molecule has 32 heavy (non-hydrogen) atoms. The van der Waals surface area contributed by atoms with Gasteiger partial charge in [0.05, 0.1) is 7.11 Å². The SMILES string of the molecule is CCN(CC)C(=O)c1ccc(Br)cc1CC(=O)c1ccc(-c2cc(OC)ccc2F)cc1. The molecule has 0 aliphatic carbocycles. The lowest BCUT2D eigenvalue weighted by atomic mass is 9.96. The monoisotopic (exact) mass is 497 g/mol. The number of amides is 1. The number of hydrogen-bond donors (Lipinski definition) is 0. The molecule has 0 unspecified atom stereocenters. The number of carbonyl (C=O) groups is 2. The highest BCUT2D eigenvalue weighted by Crippen LogP contribution is 2.28. The molecule has 6 heteroatoms. The molecule has 1 amide bonds. The summed E-state index contributed by atoms with van der Waals surface area (Å²) in [5.74, 6) is -0.0105. The predicted molar refractivity (Wildman–Crippen MR) is 128 cm³/mol. The van der Waals surface area contributed by atoms with E-state index < -0.39 is 0 Å². The Morgan fingerprint density at radius 1 is 0.969 bits per heavy atom. The molecule has 0 radical (unpaired) electrons. The van der Waals surface area contributed by atoms with Gasteiger partial charge in [-0.15, -0.1) is 0 Å². The second kappa shape index (κ2) is 10.6. The Morgan fingerprint density at radius 2 is 1.66 bits per heavy atom. The van der Waals surface area contributed by atoms with Gasteiger partial charge in [0.15, 0.2) is 5.78 Å². The molecule has 4 nitrogen and oxygen atoms in total. The molecule has 0 fully saturated rings. The molecule has 0 heterocycles. The third-order valence-electron chi connectivity index (χ3n) is 5.39. The zero-order valence-corrected chi connectivity index (χ0v) is 19.9. The van der Waals surface area contributed by atoms with E-state index in [1.54, 1.807) is 47.4 Å². The van der Waals surface area contributed by atoms with Gasteiger partial charge >= 0.3 is 0 Å². The Bertz CT molecular complexity index is 1120. The highest BCUT2D eigenvalue weighted by Gasteiger charge is 2.19. The van der Waals surface area contributed by atoms with Gasteiger partial charge in [0.1, 0.15) is 11.6 Å². The van der Waals surface area contributed by atoms with Crippen LogP contribution in [0.15, 0.2) is 65.1 Å². The quantitative estimate of drug-likeness (QED) is 0.349. The van der Waals surface area contributed by atoms with Crippen LogP contribution in [0.1, 0.15) is 40.1 Å². The van der Waals surface area contributed by atoms with Crippen molar-refractivity contribution in [2.24, 2.45) is 0 Å². The third-order valence-corrected chi connectivity index (χ3v) is 5.88. The topological polar surface area (TPSA) is 46.6 Å². The summed E-state index contributed by atoms with van der Waals surface area (Å²) in [7, 11) is 1.53. The number of Topliss-reactive ketones (excluding diaryl/α,β-unsaturated/α-hetero) is 1. The van der Waals surface area contributed by atoms with Gasteiger partial charge < -0.3 is 9.64 Å². The number of rotatable bonds is 8. The Hall–Kier alpha value is -2.99. The fourth-order valence-electron chi connectivity index (χ4n) is 3.56. The van der Waals surface area contributed by atoms with E-state index in [-0.39, 0.29) is 23.9 Å². The van der Waals surface area contributed by atoms with Gasteiger partial charge in [-0.3, -0.25) is 9.59 Å². The lowest BCUT2D eigenvalue weighted by molar-refractivity contribution is 0.0772. The predicted octanol–water partition coefficient (Wildman–Crippen LogP) is 6.17. The zero-order chi connectivity index (χ0) is 23.3. The maximum absolute atomic E-state index is 14.3. The fraction of sp³-hybridized carbons (Fsp3) is 0.231. The largest absolute Gasteiger partial charge is 0.497 e. The first kappa shape index (κ1) is 23.7. The van der Waals surface area contributed by atoms with Crippen LogP contribution in [0.25, 0.3) is 11.1 Å². The van der Waals surface area contributed by atoms with Crippen molar-refractivity contribution >= 4 is 27.6 Å². The van der Waals surface area contributed by atoms with Gasteiger partial charge in [-0.1, -0.05) is 40.2 Å². The van der Waals surface area contributed by atoms with E-state index >= 15 is 0 Å². The molecule has 166 valence electrons. The molecule has 0 atom stereocenters. The number of ketones is 1. The van der Waals surface area contributed by atoms with Crippen molar-refractivity contribution < 1.29 is 18.7 Å². The zero-order valence-electron chi connectivity index (χ0n) is 18.3. The minimum Gasteiger partial charge on any atom is -0.497 e. The van der Waals surface area contributed by atoms with Gasteiger partial charge in [-0.25, -0.2) is 4.39 Å². The standard InChI is InChI=1S/C26H25BrFNO3/c1-4-29(5-2)26(31)22-12-10-20(27)14-19(22)15-25(30)18-8-6-17(7-9-18)23-16-21(32-3)11-13-24(23)28/h6-14,16H,4-5,15H2,1-3H3.